The summed E-state index contributed by atoms with van der Waals surface area (Å²) in [6.07, 6.45) is 1.03. The Hall–Kier alpha value is -2.00. The van der Waals surface area contributed by atoms with Crippen LogP contribution in [0, 0.1) is 5.82 Å². The van der Waals surface area contributed by atoms with Gasteiger partial charge < -0.3 is 9.73 Å². The normalized spacial score (nSPS) is 11.4. The maximum absolute atomic E-state index is 13.5. The van der Waals surface area contributed by atoms with E-state index in [-0.39, 0.29) is 29.4 Å². The van der Waals surface area contributed by atoms with Crippen LogP contribution in [0.25, 0.3) is 0 Å². The minimum atomic E-state index is -3.57. The summed E-state index contributed by atoms with van der Waals surface area (Å²) >= 11 is 5.77. The van der Waals surface area contributed by atoms with E-state index in [2.05, 4.69) is 15.5 Å². The van der Waals surface area contributed by atoms with Crippen molar-refractivity contribution in [3.8, 4) is 0 Å². The molecule has 0 spiro atoms. The van der Waals surface area contributed by atoms with Gasteiger partial charge in [0.05, 0.1) is 10.6 Å². The molecule has 0 radical (unpaired) electrons. The van der Waals surface area contributed by atoms with Gasteiger partial charge in [-0.25, -0.2) is 12.8 Å². The molecule has 7 nitrogen and oxygen atoms in total. The minimum absolute atomic E-state index is 0.00495. The number of carbonyl (C=O) groups excluding carboxylic acids is 1. The van der Waals surface area contributed by atoms with Crippen LogP contribution in [-0.4, -0.2) is 37.3 Å². The Kier molecular flexibility index (Phi) is 4.77. The molecule has 2 rings (SSSR count). The average molecular weight is 348 g/mol. The number of sulfone groups is 1. The van der Waals surface area contributed by atoms with Crippen LogP contribution in [0.5, 0.6) is 0 Å². The van der Waals surface area contributed by atoms with Gasteiger partial charge in [0.2, 0.25) is 15.7 Å². The van der Waals surface area contributed by atoms with E-state index in [4.69, 9.17) is 16.0 Å². The lowest BCUT2D eigenvalue weighted by atomic mass is 10.2. The largest absolute Gasteiger partial charge is 0.412 e. The van der Waals surface area contributed by atoms with Crippen molar-refractivity contribution in [1.82, 2.24) is 15.5 Å². The Morgan fingerprint density at radius 1 is 1.41 bits per heavy atom. The minimum Gasteiger partial charge on any atom is -0.412 e. The summed E-state index contributed by atoms with van der Waals surface area (Å²) in [5, 5.41) is 8.85. The van der Waals surface area contributed by atoms with E-state index in [0.717, 1.165) is 12.3 Å². The van der Waals surface area contributed by atoms with Crippen molar-refractivity contribution in [2.24, 2.45) is 0 Å². The van der Waals surface area contributed by atoms with Crippen molar-refractivity contribution in [2.45, 2.75) is 11.6 Å². The molecule has 1 amide bonds. The van der Waals surface area contributed by atoms with Crippen LogP contribution in [0.1, 0.15) is 16.2 Å². The first-order valence-corrected chi connectivity index (χ1v) is 8.30. The number of nitrogens with one attached hydrogen (secondary N) is 1. The number of carbonyl (C=O) groups is 1. The lowest BCUT2D eigenvalue weighted by molar-refractivity contribution is 0.0949. The van der Waals surface area contributed by atoms with Crippen LogP contribution in [0.3, 0.4) is 0 Å². The second-order valence-corrected chi connectivity index (χ2v) is 6.64. The van der Waals surface area contributed by atoms with Gasteiger partial charge in [0.25, 0.3) is 5.91 Å². The zero-order valence-corrected chi connectivity index (χ0v) is 12.9. The molecular weight excluding hydrogens is 337 g/mol. The van der Waals surface area contributed by atoms with Crippen molar-refractivity contribution in [3.63, 3.8) is 0 Å². The van der Waals surface area contributed by atoms with E-state index < -0.39 is 26.8 Å². The molecule has 0 atom stereocenters. The fourth-order valence-corrected chi connectivity index (χ4v) is 2.26. The number of rotatable bonds is 5. The van der Waals surface area contributed by atoms with Crippen molar-refractivity contribution < 1.29 is 22.0 Å². The third-order valence-corrected chi connectivity index (χ3v) is 3.69. The van der Waals surface area contributed by atoms with Crippen LogP contribution < -0.4 is 5.32 Å². The van der Waals surface area contributed by atoms with Crippen LogP contribution in [0.4, 0.5) is 4.39 Å². The number of halogens is 2. The standard InChI is InChI=1S/C12H11ClFN3O4S/c1-22(19,20)12-17-16-9(21-12)5-6-15-11(18)10-7(13)3-2-4-8(10)14/h2-4H,5-6H2,1H3,(H,15,18). The molecule has 0 fully saturated rings. The molecule has 0 bridgehead atoms. The van der Waals surface area contributed by atoms with Gasteiger partial charge in [0.1, 0.15) is 5.82 Å². The highest BCUT2D eigenvalue weighted by Crippen LogP contribution is 2.18. The van der Waals surface area contributed by atoms with E-state index in [0.29, 0.717) is 0 Å². The van der Waals surface area contributed by atoms with Crippen molar-refractivity contribution in [3.05, 3.63) is 40.5 Å². The van der Waals surface area contributed by atoms with E-state index in [9.17, 15) is 17.6 Å². The van der Waals surface area contributed by atoms with E-state index >= 15 is 0 Å². The molecule has 2 aromatic rings. The Bertz CT molecular complexity index is 786. The molecule has 0 saturated carbocycles. The van der Waals surface area contributed by atoms with Crippen LogP contribution in [0.2, 0.25) is 5.02 Å². The SMILES string of the molecule is CS(=O)(=O)c1nnc(CCNC(=O)c2c(F)cccc2Cl)o1. The predicted octanol–water partition coefficient (Wildman–Crippen LogP) is 1.24. The number of hydrogen-bond donors (Lipinski definition) is 1. The first kappa shape index (κ1) is 16.4. The summed E-state index contributed by atoms with van der Waals surface area (Å²) < 4.78 is 40.8. The smallest absolute Gasteiger partial charge is 0.335 e. The number of nitrogens with zero attached hydrogens (tertiary/aromatic N) is 2. The van der Waals surface area contributed by atoms with Crippen molar-refractivity contribution in [2.75, 3.05) is 12.8 Å². The monoisotopic (exact) mass is 347 g/mol. The first-order valence-electron chi connectivity index (χ1n) is 6.03. The second-order valence-electron chi connectivity index (χ2n) is 4.34. The molecule has 1 aromatic carbocycles. The molecule has 0 aliphatic rings. The fourth-order valence-electron chi connectivity index (χ4n) is 1.58. The Labute approximate surface area is 130 Å². The van der Waals surface area contributed by atoms with Crippen LogP contribution in [0.15, 0.2) is 27.8 Å². The Morgan fingerprint density at radius 2 is 2.14 bits per heavy atom. The topological polar surface area (TPSA) is 102 Å². The lowest BCUT2D eigenvalue weighted by Gasteiger charge is -2.06. The van der Waals surface area contributed by atoms with Gasteiger partial charge in [-0.15, -0.1) is 5.10 Å². The van der Waals surface area contributed by atoms with E-state index in [1.165, 1.54) is 12.1 Å². The van der Waals surface area contributed by atoms with Crippen LogP contribution >= 0.6 is 11.6 Å². The molecule has 0 aliphatic heterocycles. The third kappa shape index (κ3) is 3.80. The summed E-state index contributed by atoms with van der Waals surface area (Å²) in [5.41, 5.74) is -0.258. The Morgan fingerprint density at radius 3 is 2.73 bits per heavy atom. The highest BCUT2D eigenvalue weighted by molar-refractivity contribution is 7.90. The molecular formula is C12H11ClFN3O4S. The molecule has 1 aromatic heterocycles. The van der Waals surface area contributed by atoms with Crippen LogP contribution in [-0.2, 0) is 16.3 Å². The first-order chi connectivity index (χ1) is 10.3. The highest BCUT2D eigenvalue weighted by atomic mass is 35.5. The maximum atomic E-state index is 13.5. The fraction of sp³-hybridized carbons (Fsp3) is 0.250. The highest BCUT2D eigenvalue weighted by Gasteiger charge is 2.18. The number of benzene rings is 1. The lowest BCUT2D eigenvalue weighted by Crippen LogP contribution is -2.27. The van der Waals surface area contributed by atoms with E-state index in [1.807, 2.05) is 0 Å². The maximum Gasteiger partial charge on any atom is 0.335 e. The number of aromatic nitrogens is 2. The van der Waals surface area contributed by atoms with Gasteiger partial charge in [-0.2, -0.15) is 0 Å². The van der Waals surface area contributed by atoms with E-state index in [1.54, 1.807) is 0 Å². The van der Waals surface area contributed by atoms with Gasteiger partial charge in [0.15, 0.2) is 0 Å². The molecule has 10 heteroatoms. The zero-order chi connectivity index (χ0) is 16.3. The molecule has 22 heavy (non-hydrogen) atoms. The molecule has 0 unspecified atom stereocenters. The average Bonchev–Trinajstić information content (AvgIpc) is 2.87. The molecule has 118 valence electrons. The molecule has 0 aliphatic carbocycles. The van der Waals surface area contributed by atoms with Gasteiger partial charge in [-0.05, 0) is 12.1 Å². The number of hydrogen-bond acceptors (Lipinski definition) is 6. The molecule has 1 heterocycles. The summed E-state index contributed by atoms with van der Waals surface area (Å²) in [6, 6.07) is 3.91. The summed E-state index contributed by atoms with van der Waals surface area (Å²) in [6.45, 7) is 0.0505. The Balaban J connectivity index is 1.97. The van der Waals surface area contributed by atoms with Crippen molar-refractivity contribution in [1.29, 1.82) is 0 Å². The quantitative estimate of drug-likeness (QED) is 0.873. The van der Waals surface area contributed by atoms with Gasteiger partial charge in [-0.3, -0.25) is 4.79 Å². The van der Waals surface area contributed by atoms with Crippen molar-refractivity contribution >= 4 is 27.3 Å². The third-order valence-electron chi connectivity index (χ3n) is 2.58. The molecule has 0 saturated heterocycles. The summed E-state index contributed by atoms with van der Waals surface area (Å²) in [5.74, 6) is -1.38. The second kappa shape index (κ2) is 6.41. The summed E-state index contributed by atoms with van der Waals surface area (Å²) in [4.78, 5) is 11.8. The summed E-state index contributed by atoms with van der Waals surface area (Å²) in [7, 11) is -3.57. The van der Waals surface area contributed by atoms with Gasteiger partial charge in [-0.1, -0.05) is 22.8 Å². The molecule has 1 N–H and O–H groups in total. The number of amides is 1. The van der Waals surface area contributed by atoms with Gasteiger partial charge >= 0.3 is 5.22 Å². The zero-order valence-electron chi connectivity index (χ0n) is 11.3. The van der Waals surface area contributed by atoms with Gasteiger partial charge in [0, 0.05) is 19.2 Å². The predicted molar refractivity (Wildman–Crippen MR) is 74.9 cm³/mol.